The second kappa shape index (κ2) is 18.7. The van der Waals surface area contributed by atoms with Gasteiger partial charge in [0.2, 0.25) is 0 Å². The number of rotatable bonds is 8. The first-order valence-electron chi connectivity index (χ1n) is 17.3. The Bertz CT molecular complexity index is 1020. The van der Waals surface area contributed by atoms with Crippen LogP contribution in [0, 0.1) is 23.7 Å². The molecule has 0 aromatic carbocycles. The van der Waals surface area contributed by atoms with Gasteiger partial charge in [0.25, 0.3) is 0 Å². The van der Waals surface area contributed by atoms with Gasteiger partial charge in [-0.2, -0.15) is 0 Å². The first kappa shape index (κ1) is 38.7. The molecule has 0 aromatic rings. The molecule has 2 saturated heterocycles. The molecular weight excluding hydrogens is 592 g/mol. The highest BCUT2D eigenvalue weighted by Crippen LogP contribution is 2.34. The Morgan fingerprint density at radius 2 is 1.74 bits per heavy atom. The average Bonchev–Trinajstić information content (AvgIpc) is 3.04. The third-order valence-electron chi connectivity index (χ3n) is 10.2. The summed E-state index contributed by atoms with van der Waals surface area (Å²) in [5, 5.41) is 46.4. The van der Waals surface area contributed by atoms with Gasteiger partial charge in [0.1, 0.15) is 12.2 Å². The quantitative estimate of drug-likeness (QED) is 0.245. The van der Waals surface area contributed by atoms with Crippen molar-refractivity contribution in [2.45, 2.75) is 129 Å². The van der Waals surface area contributed by atoms with E-state index in [9.17, 15) is 30.0 Å². The SMILES string of the molecule is CCC1OC(=O)CC(O)C(C)C(OC2OC(C)C(O)C(NC)C2O)C(CCN2CCCCC2)CC(C)C(=O)/C=C/C(C)=C/C1CO. The number of piperidine rings is 1. The highest BCUT2D eigenvalue weighted by atomic mass is 16.7. The van der Waals surface area contributed by atoms with E-state index in [1.807, 2.05) is 33.8 Å². The Hall–Kier alpha value is -1.70. The number of cyclic esters (lactones) is 1. The van der Waals surface area contributed by atoms with Crippen LogP contribution in [0.15, 0.2) is 23.8 Å². The zero-order valence-electron chi connectivity index (χ0n) is 28.7. The molecule has 12 atom stereocenters. The van der Waals surface area contributed by atoms with Gasteiger partial charge in [-0.3, -0.25) is 9.59 Å². The molecule has 11 heteroatoms. The number of carbonyl (C=O) groups is 2. The van der Waals surface area contributed by atoms with Gasteiger partial charge >= 0.3 is 5.97 Å². The monoisotopic (exact) mass is 652 g/mol. The molecule has 46 heavy (non-hydrogen) atoms. The Morgan fingerprint density at radius 1 is 1.04 bits per heavy atom. The molecule has 2 fully saturated rings. The number of likely N-dealkylation sites (N-methyl/N-ethyl adjacent to an activating group) is 1. The van der Waals surface area contributed by atoms with Crippen molar-refractivity contribution in [3.8, 4) is 0 Å². The van der Waals surface area contributed by atoms with E-state index in [1.165, 1.54) is 6.42 Å². The fourth-order valence-corrected chi connectivity index (χ4v) is 7.14. The van der Waals surface area contributed by atoms with Crippen LogP contribution in [0.1, 0.15) is 79.6 Å². The third kappa shape index (κ3) is 10.7. The number of ether oxygens (including phenoxy) is 3. The second-order valence-electron chi connectivity index (χ2n) is 13.8. The number of hydrogen-bond acceptors (Lipinski definition) is 11. The van der Waals surface area contributed by atoms with Crippen LogP contribution < -0.4 is 5.32 Å². The molecule has 0 bridgehead atoms. The van der Waals surface area contributed by atoms with Gasteiger partial charge in [0.15, 0.2) is 12.1 Å². The molecule has 0 amide bonds. The number of nitrogens with zero attached hydrogens (tertiary/aromatic N) is 1. The summed E-state index contributed by atoms with van der Waals surface area (Å²) in [6.45, 7) is 11.7. The molecule has 3 aliphatic rings. The molecule has 3 rings (SSSR count). The first-order chi connectivity index (χ1) is 21.9. The van der Waals surface area contributed by atoms with E-state index in [1.54, 1.807) is 26.1 Å². The summed E-state index contributed by atoms with van der Waals surface area (Å²) in [7, 11) is 1.65. The minimum absolute atomic E-state index is 0.0465. The summed E-state index contributed by atoms with van der Waals surface area (Å²) in [5.74, 6) is -2.30. The van der Waals surface area contributed by atoms with Gasteiger partial charge in [0, 0.05) is 17.8 Å². The summed E-state index contributed by atoms with van der Waals surface area (Å²) >= 11 is 0. The lowest BCUT2D eigenvalue weighted by Crippen LogP contribution is -2.63. The highest BCUT2D eigenvalue weighted by molar-refractivity contribution is 5.91. The van der Waals surface area contributed by atoms with Crippen molar-refractivity contribution >= 4 is 11.8 Å². The maximum absolute atomic E-state index is 13.4. The maximum atomic E-state index is 13.4. The summed E-state index contributed by atoms with van der Waals surface area (Å²) in [4.78, 5) is 29.0. The lowest BCUT2D eigenvalue weighted by molar-refractivity contribution is -0.296. The minimum atomic E-state index is -1.20. The molecule has 12 unspecified atom stereocenters. The Morgan fingerprint density at radius 3 is 2.37 bits per heavy atom. The number of hydrogen-bond donors (Lipinski definition) is 5. The van der Waals surface area contributed by atoms with Crippen LogP contribution in [-0.4, -0.2) is 119 Å². The second-order valence-corrected chi connectivity index (χ2v) is 13.8. The molecule has 264 valence electrons. The fourth-order valence-electron chi connectivity index (χ4n) is 7.14. The van der Waals surface area contributed by atoms with Crippen LogP contribution in [0.2, 0.25) is 0 Å². The summed E-state index contributed by atoms with van der Waals surface area (Å²) < 4.78 is 18.4. The number of ketones is 1. The van der Waals surface area contributed by atoms with E-state index in [0.29, 0.717) is 19.3 Å². The number of aliphatic hydroxyl groups is 4. The van der Waals surface area contributed by atoms with Crippen molar-refractivity contribution in [3.63, 3.8) is 0 Å². The van der Waals surface area contributed by atoms with Gasteiger partial charge in [-0.25, -0.2) is 0 Å². The molecule has 0 saturated carbocycles. The van der Waals surface area contributed by atoms with E-state index in [2.05, 4.69) is 10.2 Å². The van der Waals surface area contributed by atoms with Crippen molar-refractivity contribution < 1.29 is 44.2 Å². The standard InChI is InChI=1S/C35H60N2O9/c1-7-29-26(20-38)17-21(2)11-12-27(39)22(3)18-25(13-16-37-14-9-8-10-15-37)34(23(4)28(40)19-30(41)45-29)46-35-33(43)31(36-6)32(42)24(5)44-35/h11-12,17,22-26,28-29,31-36,38,40,42-43H,7-10,13-16,18-20H2,1-6H3/b12-11+,21-17+. The summed E-state index contributed by atoms with van der Waals surface area (Å²) in [6.07, 6.45) is 3.56. The van der Waals surface area contributed by atoms with Gasteiger partial charge in [-0.15, -0.1) is 0 Å². The average molecular weight is 653 g/mol. The van der Waals surface area contributed by atoms with Crippen LogP contribution in [0.4, 0.5) is 0 Å². The van der Waals surface area contributed by atoms with Crippen LogP contribution in [0.5, 0.6) is 0 Å². The molecular formula is C35H60N2O9. The Kier molecular flexibility index (Phi) is 15.8. The molecule has 3 aliphatic heterocycles. The van der Waals surface area contributed by atoms with Crippen molar-refractivity contribution in [1.82, 2.24) is 10.2 Å². The predicted molar refractivity (Wildman–Crippen MR) is 175 cm³/mol. The third-order valence-corrected chi connectivity index (χ3v) is 10.2. The Labute approximate surface area is 275 Å². The van der Waals surface area contributed by atoms with Gasteiger partial charge in [-0.1, -0.05) is 44.9 Å². The topological polar surface area (TPSA) is 158 Å². The zero-order chi connectivity index (χ0) is 34.0. The van der Waals surface area contributed by atoms with E-state index in [-0.39, 0.29) is 30.6 Å². The number of nitrogens with one attached hydrogen (secondary N) is 1. The zero-order valence-corrected chi connectivity index (χ0v) is 28.7. The number of aliphatic hydroxyl groups excluding tert-OH is 4. The van der Waals surface area contributed by atoms with E-state index in [4.69, 9.17) is 14.2 Å². The number of esters is 1. The van der Waals surface area contributed by atoms with E-state index >= 15 is 0 Å². The molecule has 0 aromatic heterocycles. The van der Waals surface area contributed by atoms with Crippen LogP contribution >= 0.6 is 0 Å². The van der Waals surface area contributed by atoms with Gasteiger partial charge in [-0.05, 0) is 84.6 Å². The van der Waals surface area contributed by atoms with Crippen molar-refractivity contribution in [2.24, 2.45) is 23.7 Å². The van der Waals surface area contributed by atoms with E-state index in [0.717, 1.165) is 38.0 Å². The molecule has 0 aliphatic carbocycles. The number of allylic oxidation sites excluding steroid dienone is 3. The van der Waals surface area contributed by atoms with Crippen LogP contribution in [-0.2, 0) is 23.8 Å². The summed E-state index contributed by atoms with van der Waals surface area (Å²) in [6, 6.07) is -0.700. The van der Waals surface area contributed by atoms with Crippen molar-refractivity contribution in [2.75, 3.05) is 33.3 Å². The molecule has 0 spiro atoms. The highest BCUT2D eigenvalue weighted by Gasteiger charge is 2.46. The Balaban J connectivity index is 2.01. The van der Waals surface area contributed by atoms with Crippen LogP contribution in [0.25, 0.3) is 0 Å². The number of carbonyl (C=O) groups excluding carboxylic acids is 2. The smallest absolute Gasteiger partial charge is 0.308 e. The van der Waals surface area contributed by atoms with Crippen molar-refractivity contribution in [3.05, 3.63) is 23.8 Å². The summed E-state index contributed by atoms with van der Waals surface area (Å²) in [5.41, 5.74) is 0.775. The molecule has 3 heterocycles. The predicted octanol–water partition coefficient (Wildman–Crippen LogP) is 2.35. The van der Waals surface area contributed by atoms with Gasteiger partial charge in [0.05, 0.1) is 43.5 Å². The fraction of sp³-hybridized carbons (Fsp3) is 0.829. The van der Waals surface area contributed by atoms with Crippen molar-refractivity contribution in [1.29, 1.82) is 0 Å². The largest absolute Gasteiger partial charge is 0.462 e. The molecule has 5 N–H and O–H groups in total. The lowest BCUT2D eigenvalue weighted by atomic mass is 9.79. The first-order valence-corrected chi connectivity index (χ1v) is 17.3. The lowest BCUT2D eigenvalue weighted by Gasteiger charge is -2.45. The molecule has 0 radical (unpaired) electrons. The molecule has 11 nitrogen and oxygen atoms in total. The van der Waals surface area contributed by atoms with Gasteiger partial charge < -0.3 is 44.9 Å². The minimum Gasteiger partial charge on any atom is -0.462 e. The maximum Gasteiger partial charge on any atom is 0.308 e. The normalized spacial score (nSPS) is 41.4. The number of likely N-dealkylation sites (tertiary alicyclic amines) is 1. The van der Waals surface area contributed by atoms with Crippen LogP contribution in [0.3, 0.4) is 0 Å². The van der Waals surface area contributed by atoms with E-state index < -0.39 is 66.8 Å².